The average Bonchev–Trinajstić information content (AvgIpc) is 2.77. The lowest BCUT2D eigenvalue weighted by molar-refractivity contribution is -0.528. The van der Waals surface area contributed by atoms with Gasteiger partial charge in [-0.2, -0.15) is 0 Å². The fraction of sp³-hybridized carbons (Fsp3) is 0.429. The fourth-order valence-electron chi connectivity index (χ4n) is 2.96. The maximum Gasteiger partial charge on any atom is 0.221 e. The second kappa shape index (κ2) is 5.36. The van der Waals surface area contributed by atoms with E-state index in [-0.39, 0.29) is 16.2 Å². The van der Waals surface area contributed by atoms with Gasteiger partial charge in [-0.05, 0) is 18.6 Å². The van der Waals surface area contributed by atoms with Crippen LogP contribution in [-0.2, 0) is 9.84 Å². The van der Waals surface area contributed by atoms with E-state index in [0.29, 0.717) is 12.0 Å². The Morgan fingerprint density at radius 1 is 1.35 bits per heavy atom. The minimum Gasteiger partial charge on any atom is -0.264 e. The molecule has 0 aliphatic heterocycles. The molecule has 1 fully saturated rings. The first-order chi connectivity index (χ1) is 9.39. The average molecular weight is 295 g/mol. The molecule has 0 N–H and O–H groups in total. The number of nitro groups is 1. The van der Waals surface area contributed by atoms with Crippen molar-refractivity contribution in [2.75, 3.05) is 0 Å². The molecule has 1 aromatic carbocycles. The van der Waals surface area contributed by atoms with Crippen LogP contribution in [0.3, 0.4) is 0 Å². The molecule has 20 heavy (non-hydrogen) atoms. The monoisotopic (exact) mass is 295 g/mol. The van der Waals surface area contributed by atoms with Gasteiger partial charge in [-0.25, -0.2) is 8.42 Å². The third-order valence-electron chi connectivity index (χ3n) is 3.91. The lowest BCUT2D eigenvalue weighted by Crippen LogP contribution is -2.33. The van der Waals surface area contributed by atoms with Crippen molar-refractivity contribution in [3.05, 3.63) is 52.6 Å². The first kappa shape index (κ1) is 14.7. The predicted molar refractivity (Wildman–Crippen MR) is 75.7 cm³/mol. The van der Waals surface area contributed by atoms with E-state index >= 15 is 0 Å². The second-order valence-electron chi connectivity index (χ2n) is 5.07. The van der Waals surface area contributed by atoms with Crippen LogP contribution in [-0.4, -0.2) is 24.6 Å². The van der Waals surface area contributed by atoms with Gasteiger partial charge in [0.25, 0.3) is 0 Å². The Hall–Kier alpha value is -1.69. The summed E-state index contributed by atoms with van der Waals surface area (Å²) in [6.07, 6.45) is 0.587. The van der Waals surface area contributed by atoms with E-state index in [0.717, 1.165) is 0 Å². The molecule has 0 radical (unpaired) electrons. The molecule has 3 atom stereocenters. The Bertz CT molecular complexity index is 624. The zero-order chi connectivity index (χ0) is 14.9. The summed E-state index contributed by atoms with van der Waals surface area (Å²) in [5.41, 5.74) is 0.447. The van der Waals surface area contributed by atoms with E-state index in [1.165, 1.54) is 12.1 Å². The molecule has 0 spiro atoms. The van der Waals surface area contributed by atoms with E-state index in [1.807, 2.05) is 0 Å². The first-order valence-corrected chi connectivity index (χ1v) is 8.04. The van der Waals surface area contributed by atoms with Gasteiger partial charge >= 0.3 is 0 Å². The van der Waals surface area contributed by atoms with Crippen molar-refractivity contribution in [3.63, 3.8) is 0 Å². The predicted octanol–water partition coefficient (Wildman–Crippen LogP) is 2.46. The Morgan fingerprint density at radius 3 is 2.45 bits per heavy atom. The smallest absolute Gasteiger partial charge is 0.221 e. The van der Waals surface area contributed by atoms with Gasteiger partial charge in [0.15, 0.2) is 9.84 Å². The quantitative estimate of drug-likeness (QED) is 0.485. The molecular weight excluding hydrogens is 278 g/mol. The molecule has 0 amide bonds. The van der Waals surface area contributed by atoms with Crippen molar-refractivity contribution in [2.24, 2.45) is 5.92 Å². The van der Waals surface area contributed by atoms with Crippen LogP contribution >= 0.6 is 0 Å². The molecule has 1 saturated carbocycles. The lowest BCUT2D eigenvalue weighted by atomic mass is 10.0. The van der Waals surface area contributed by atoms with Crippen molar-refractivity contribution in [1.82, 2.24) is 0 Å². The molecule has 0 aromatic heterocycles. The largest absolute Gasteiger partial charge is 0.264 e. The van der Waals surface area contributed by atoms with Crippen LogP contribution in [0, 0.1) is 16.0 Å². The number of rotatable bonds is 4. The summed E-state index contributed by atoms with van der Waals surface area (Å²) in [4.78, 5) is 10.9. The zero-order valence-electron chi connectivity index (χ0n) is 11.2. The van der Waals surface area contributed by atoms with Crippen LogP contribution in [0.15, 0.2) is 47.4 Å². The van der Waals surface area contributed by atoms with Gasteiger partial charge in [0.1, 0.15) is 0 Å². The minimum absolute atomic E-state index is 0.141. The third-order valence-corrected chi connectivity index (χ3v) is 6.19. The lowest BCUT2D eigenvalue weighted by Gasteiger charge is -2.19. The van der Waals surface area contributed by atoms with Gasteiger partial charge in [-0.3, -0.25) is 10.1 Å². The van der Waals surface area contributed by atoms with Gasteiger partial charge in [-0.15, -0.1) is 0 Å². The summed E-state index contributed by atoms with van der Waals surface area (Å²) in [6.45, 7) is 5.56. The highest BCUT2D eigenvalue weighted by atomic mass is 32.2. The highest BCUT2D eigenvalue weighted by molar-refractivity contribution is 7.92. The summed E-state index contributed by atoms with van der Waals surface area (Å²) >= 11 is 0. The molecule has 5 nitrogen and oxygen atoms in total. The molecule has 0 bridgehead atoms. The Labute approximate surface area is 118 Å². The van der Waals surface area contributed by atoms with E-state index in [1.54, 1.807) is 25.1 Å². The summed E-state index contributed by atoms with van der Waals surface area (Å²) in [5, 5.41) is 10.2. The Balaban J connectivity index is 2.46. The van der Waals surface area contributed by atoms with Gasteiger partial charge < -0.3 is 0 Å². The van der Waals surface area contributed by atoms with Crippen LogP contribution < -0.4 is 0 Å². The van der Waals surface area contributed by atoms with Gasteiger partial charge in [-0.1, -0.05) is 37.3 Å². The standard InChI is InChI=1S/C14H17NO4S/c1-3-12-13(15(16)17)9-10(2)14(12)20(18,19)11-7-5-4-6-8-11/h4-8,12-14H,2-3,9H2,1H3/t12-,13-,14-/m1/s1. The van der Waals surface area contributed by atoms with Crippen molar-refractivity contribution in [3.8, 4) is 0 Å². The zero-order valence-corrected chi connectivity index (χ0v) is 12.0. The highest BCUT2D eigenvalue weighted by Crippen LogP contribution is 2.40. The molecular formula is C14H17NO4S. The molecule has 0 unspecified atom stereocenters. The number of sulfone groups is 1. The van der Waals surface area contributed by atoms with Crippen LogP contribution in [0.1, 0.15) is 19.8 Å². The Morgan fingerprint density at radius 2 is 1.95 bits per heavy atom. The van der Waals surface area contributed by atoms with Crippen LogP contribution in [0.25, 0.3) is 0 Å². The highest BCUT2D eigenvalue weighted by Gasteiger charge is 2.50. The molecule has 1 aliphatic rings. The molecule has 1 aromatic rings. The number of hydrogen-bond donors (Lipinski definition) is 0. The molecule has 0 heterocycles. The normalized spacial score (nSPS) is 26.6. The van der Waals surface area contributed by atoms with Crippen LogP contribution in [0.5, 0.6) is 0 Å². The van der Waals surface area contributed by atoms with E-state index in [9.17, 15) is 18.5 Å². The van der Waals surface area contributed by atoms with Crippen molar-refractivity contribution in [1.29, 1.82) is 0 Å². The van der Waals surface area contributed by atoms with Gasteiger partial charge in [0.05, 0.1) is 10.1 Å². The second-order valence-corrected chi connectivity index (χ2v) is 7.14. The van der Waals surface area contributed by atoms with Gasteiger partial charge in [0, 0.05) is 17.3 Å². The number of hydrogen-bond acceptors (Lipinski definition) is 4. The molecule has 6 heteroatoms. The van der Waals surface area contributed by atoms with Gasteiger partial charge in [0.2, 0.25) is 6.04 Å². The maximum absolute atomic E-state index is 12.7. The Kier molecular flexibility index (Phi) is 3.94. The minimum atomic E-state index is -3.62. The fourth-order valence-corrected chi connectivity index (χ4v) is 5.16. The SMILES string of the molecule is C=C1C[C@@H]([N+](=O)[O-])[C@@H](CC)[C@@H]1S(=O)(=O)c1ccccc1. The summed E-state index contributed by atoms with van der Waals surface area (Å²) in [6, 6.07) is 7.23. The molecule has 2 rings (SSSR count). The summed E-state index contributed by atoms with van der Waals surface area (Å²) in [5.74, 6) is -0.511. The van der Waals surface area contributed by atoms with E-state index in [2.05, 4.69) is 6.58 Å². The topological polar surface area (TPSA) is 77.3 Å². The first-order valence-electron chi connectivity index (χ1n) is 6.49. The number of benzene rings is 1. The van der Waals surface area contributed by atoms with Crippen LogP contribution in [0.4, 0.5) is 0 Å². The molecule has 0 saturated heterocycles. The summed E-state index contributed by atoms with van der Waals surface area (Å²) < 4.78 is 25.4. The van der Waals surface area contributed by atoms with Crippen molar-refractivity contribution < 1.29 is 13.3 Å². The van der Waals surface area contributed by atoms with Crippen molar-refractivity contribution in [2.45, 2.75) is 36.0 Å². The van der Waals surface area contributed by atoms with Crippen molar-refractivity contribution >= 4 is 9.84 Å². The maximum atomic E-state index is 12.7. The summed E-state index contributed by atoms with van der Waals surface area (Å²) in [7, 11) is -3.62. The number of nitrogens with zero attached hydrogens (tertiary/aromatic N) is 1. The molecule has 1 aliphatic carbocycles. The van der Waals surface area contributed by atoms with E-state index < -0.39 is 27.0 Å². The van der Waals surface area contributed by atoms with Crippen LogP contribution in [0.2, 0.25) is 0 Å². The third kappa shape index (κ3) is 2.35. The van der Waals surface area contributed by atoms with E-state index in [4.69, 9.17) is 0 Å². The molecule has 108 valence electrons.